The van der Waals surface area contributed by atoms with Gasteiger partial charge in [-0.15, -0.1) is 10.2 Å². The van der Waals surface area contributed by atoms with Gasteiger partial charge in [0, 0.05) is 44.0 Å². The van der Waals surface area contributed by atoms with Crippen molar-refractivity contribution in [3.8, 4) is 11.4 Å². The number of carbonyl (C=O) groups is 1. The summed E-state index contributed by atoms with van der Waals surface area (Å²) in [5.74, 6) is 1.04. The number of carbonyl (C=O) groups excluding carboxylic acids is 1. The number of thioether (sulfide) groups is 1. The van der Waals surface area contributed by atoms with Crippen molar-refractivity contribution in [1.82, 2.24) is 19.7 Å². The summed E-state index contributed by atoms with van der Waals surface area (Å²) in [6.45, 7) is 10.2. The molecule has 0 radical (unpaired) electrons. The van der Waals surface area contributed by atoms with E-state index in [9.17, 15) is 4.79 Å². The Balaban J connectivity index is 1.42. The van der Waals surface area contributed by atoms with E-state index in [1.165, 1.54) is 23.0 Å². The molecule has 1 atom stereocenters. The van der Waals surface area contributed by atoms with Crippen LogP contribution < -0.4 is 4.90 Å². The Morgan fingerprint density at radius 1 is 1.03 bits per heavy atom. The summed E-state index contributed by atoms with van der Waals surface area (Å²) in [7, 11) is 0. The number of benzene rings is 2. The van der Waals surface area contributed by atoms with Gasteiger partial charge in [0.15, 0.2) is 11.0 Å². The Bertz CT molecular complexity index is 1040. The second-order valence-electron chi connectivity index (χ2n) is 8.24. The molecule has 0 aliphatic carbocycles. The molecule has 0 spiro atoms. The first-order chi connectivity index (χ1) is 15.6. The standard InChI is InChI=1S/C25H31N5OS/c1-4-13-30-23(21-10-8-9-19(2)18-21)26-27-25(30)32-20(3)24(31)29-16-14-28(15-17-29)22-11-6-5-7-12-22/h5-12,18,20H,4,13-17H2,1-3H3. The number of nitrogens with zero attached hydrogens (tertiary/aromatic N) is 5. The highest BCUT2D eigenvalue weighted by atomic mass is 32.2. The van der Waals surface area contributed by atoms with E-state index in [1.807, 2.05) is 24.0 Å². The highest BCUT2D eigenvalue weighted by Crippen LogP contribution is 2.29. The maximum Gasteiger partial charge on any atom is 0.236 e. The SMILES string of the molecule is CCCn1c(SC(C)C(=O)N2CCN(c3ccccc3)CC2)nnc1-c1cccc(C)c1. The first-order valence-electron chi connectivity index (χ1n) is 11.3. The Morgan fingerprint density at radius 2 is 1.78 bits per heavy atom. The summed E-state index contributed by atoms with van der Waals surface area (Å²) in [6.07, 6.45) is 0.980. The quantitative estimate of drug-likeness (QED) is 0.498. The number of piperazine rings is 1. The van der Waals surface area contributed by atoms with Crippen LogP contribution in [0.1, 0.15) is 25.8 Å². The fourth-order valence-corrected chi connectivity index (χ4v) is 5.05. The van der Waals surface area contributed by atoms with Crippen LogP contribution in [0, 0.1) is 6.92 Å². The van der Waals surface area contributed by atoms with Gasteiger partial charge in [0.1, 0.15) is 0 Å². The van der Waals surface area contributed by atoms with Crippen LogP contribution in [0.2, 0.25) is 0 Å². The number of hydrogen-bond acceptors (Lipinski definition) is 5. The van der Waals surface area contributed by atoms with Crippen molar-refractivity contribution >= 4 is 23.4 Å². The van der Waals surface area contributed by atoms with Crippen LogP contribution in [-0.2, 0) is 11.3 Å². The zero-order valence-electron chi connectivity index (χ0n) is 19.1. The first-order valence-corrected chi connectivity index (χ1v) is 12.2. The van der Waals surface area contributed by atoms with Crippen molar-refractivity contribution in [3.05, 3.63) is 60.2 Å². The van der Waals surface area contributed by atoms with Gasteiger partial charge in [0.2, 0.25) is 5.91 Å². The highest BCUT2D eigenvalue weighted by molar-refractivity contribution is 8.00. The van der Waals surface area contributed by atoms with Crippen molar-refractivity contribution in [2.75, 3.05) is 31.1 Å². The van der Waals surface area contributed by atoms with E-state index in [-0.39, 0.29) is 11.2 Å². The van der Waals surface area contributed by atoms with Crippen molar-refractivity contribution in [2.24, 2.45) is 0 Å². The van der Waals surface area contributed by atoms with E-state index in [0.29, 0.717) is 0 Å². The Hall–Kier alpha value is -2.80. The van der Waals surface area contributed by atoms with E-state index in [1.54, 1.807) is 0 Å². The van der Waals surface area contributed by atoms with Gasteiger partial charge in [0.05, 0.1) is 5.25 Å². The third-order valence-electron chi connectivity index (χ3n) is 5.78. The van der Waals surface area contributed by atoms with E-state index < -0.39 is 0 Å². The number of aryl methyl sites for hydroxylation is 1. The molecule has 1 aliphatic heterocycles. The highest BCUT2D eigenvalue weighted by Gasteiger charge is 2.27. The lowest BCUT2D eigenvalue weighted by atomic mass is 10.1. The van der Waals surface area contributed by atoms with Crippen molar-refractivity contribution < 1.29 is 4.79 Å². The van der Waals surface area contributed by atoms with Gasteiger partial charge in [-0.05, 0) is 38.5 Å². The average Bonchev–Trinajstić information content (AvgIpc) is 3.21. The number of amides is 1. The minimum atomic E-state index is -0.205. The molecular weight excluding hydrogens is 418 g/mol. The zero-order chi connectivity index (χ0) is 22.5. The molecule has 1 amide bonds. The molecule has 1 aliphatic rings. The molecule has 1 fully saturated rings. The number of aromatic nitrogens is 3. The average molecular weight is 450 g/mol. The molecule has 0 saturated carbocycles. The van der Waals surface area contributed by atoms with Crippen LogP contribution in [0.3, 0.4) is 0 Å². The second kappa shape index (κ2) is 10.2. The summed E-state index contributed by atoms with van der Waals surface area (Å²) in [4.78, 5) is 17.5. The predicted molar refractivity (Wildman–Crippen MR) is 131 cm³/mol. The molecule has 7 heteroatoms. The van der Waals surface area contributed by atoms with Crippen molar-refractivity contribution in [3.63, 3.8) is 0 Å². The van der Waals surface area contributed by atoms with Gasteiger partial charge in [0.25, 0.3) is 0 Å². The largest absolute Gasteiger partial charge is 0.368 e. The van der Waals surface area contributed by atoms with Crippen LogP contribution in [-0.4, -0.2) is 57.0 Å². The summed E-state index contributed by atoms with van der Waals surface area (Å²) in [6, 6.07) is 18.7. The van der Waals surface area contributed by atoms with Gasteiger partial charge < -0.3 is 14.4 Å². The van der Waals surface area contributed by atoms with Gasteiger partial charge in [-0.1, -0.05) is 60.6 Å². The van der Waals surface area contributed by atoms with Crippen molar-refractivity contribution in [2.45, 2.75) is 44.1 Å². The van der Waals surface area contributed by atoms with Crippen LogP contribution in [0.15, 0.2) is 59.8 Å². The maximum atomic E-state index is 13.2. The smallest absolute Gasteiger partial charge is 0.236 e. The zero-order valence-corrected chi connectivity index (χ0v) is 19.9. The molecule has 0 bridgehead atoms. The van der Waals surface area contributed by atoms with Gasteiger partial charge in [-0.25, -0.2) is 0 Å². The lowest BCUT2D eigenvalue weighted by molar-refractivity contribution is -0.130. The first kappa shape index (κ1) is 22.4. The molecular formula is C25H31N5OS. The third kappa shape index (κ3) is 4.99. The van der Waals surface area contributed by atoms with Crippen molar-refractivity contribution in [1.29, 1.82) is 0 Å². The summed E-state index contributed by atoms with van der Waals surface area (Å²) >= 11 is 1.51. The normalized spacial score (nSPS) is 15.1. The molecule has 1 aromatic heterocycles. The van der Waals surface area contributed by atoms with Gasteiger partial charge in [-0.2, -0.15) is 0 Å². The number of para-hydroxylation sites is 1. The number of rotatable bonds is 7. The second-order valence-corrected chi connectivity index (χ2v) is 9.54. The molecule has 6 nitrogen and oxygen atoms in total. The van der Waals surface area contributed by atoms with Gasteiger partial charge in [-0.3, -0.25) is 4.79 Å². The fraction of sp³-hybridized carbons (Fsp3) is 0.400. The fourth-order valence-electron chi connectivity index (χ4n) is 4.09. The molecule has 2 heterocycles. The van der Waals surface area contributed by atoms with E-state index in [0.717, 1.165) is 55.7 Å². The molecule has 4 rings (SSSR count). The molecule has 168 valence electrons. The third-order valence-corrected chi connectivity index (χ3v) is 6.85. The lowest BCUT2D eigenvalue weighted by Gasteiger charge is -2.37. The molecule has 3 aromatic rings. The van der Waals surface area contributed by atoms with E-state index in [2.05, 4.69) is 76.0 Å². The molecule has 0 N–H and O–H groups in total. The predicted octanol–water partition coefficient (Wildman–Crippen LogP) is 4.49. The number of hydrogen-bond donors (Lipinski definition) is 0. The molecule has 32 heavy (non-hydrogen) atoms. The Morgan fingerprint density at radius 3 is 2.47 bits per heavy atom. The van der Waals surface area contributed by atoms with Crippen LogP contribution in [0.5, 0.6) is 0 Å². The minimum Gasteiger partial charge on any atom is -0.368 e. The Labute approximate surface area is 194 Å². The molecule has 1 unspecified atom stereocenters. The summed E-state index contributed by atoms with van der Waals surface area (Å²) < 4.78 is 2.15. The number of anilines is 1. The monoisotopic (exact) mass is 449 g/mol. The Kier molecular flexibility index (Phi) is 7.15. The summed E-state index contributed by atoms with van der Waals surface area (Å²) in [5.41, 5.74) is 3.48. The molecule has 2 aromatic carbocycles. The lowest BCUT2D eigenvalue weighted by Crippen LogP contribution is -2.50. The maximum absolute atomic E-state index is 13.2. The minimum absolute atomic E-state index is 0.172. The van der Waals surface area contributed by atoms with E-state index >= 15 is 0 Å². The van der Waals surface area contributed by atoms with Crippen LogP contribution in [0.4, 0.5) is 5.69 Å². The van der Waals surface area contributed by atoms with Crippen LogP contribution >= 0.6 is 11.8 Å². The van der Waals surface area contributed by atoms with Gasteiger partial charge >= 0.3 is 0 Å². The topological polar surface area (TPSA) is 54.3 Å². The van der Waals surface area contributed by atoms with Crippen LogP contribution in [0.25, 0.3) is 11.4 Å². The summed E-state index contributed by atoms with van der Waals surface area (Å²) in [5, 5.41) is 9.54. The van der Waals surface area contributed by atoms with E-state index in [4.69, 9.17) is 0 Å². The molecule has 1 saturated heterocycles.